The summed E-state index contributed by atoms with van der Waals surface area (Å²) in [7, 11) is 1.64. The van der Waals surface area contributed by atoms with Crippen molar-refractivity contribution in [1.29, 1.82) is 0 Å². The van der Waals surface area contributed by atoms with Gasteiger partial charge in [-0.1, -0.05) is 12.1 Å². The van der Waals surface area contributed by atoms with Gasteiger partial charge in [0.2, 0.25) is 11.9 Å². The number of hydrogen-bond donors (Lipinski definition) is 1. The lowest BCUT2D eigenvalue weighted by molar-refractivity contribution is 0.0962. The number of nitrogens with zero attached hydrogens (tertiary/aromatic N) is 4. The minimum atomic E-state index is 0.0623. The highest BCUT2D eigenvalue weighted by molar-refractivity contribution is 5.98. The van der Waals surface area contributed by atoms with Crippen molar-refractivity contribution in [2.45, 2.75) is 39.5 Å². The first-order chi connectivity index (χ1) is 15.9. The van der Waals surface area contributed by atoms with Crippen LogP contribution in [0.25, 0.3) is 10.9 Å². The molecule has 0 spiro atoms. The summed E-state index contributed by atoms with van der Waals surface area (Å²) in [5.74, 6) is 1.76. The Hall–Kier alpha value is -3.87. The van der Waals surface area contributed by atoms with Crippen LogP contribution in [0.3, 0.4) is 0 Å². The molecule has 1 N–H and O–H groups in total. The minimum Gasteiger partial charge on any atom is -0.497 e. The third kappa shape index (κ3) is 4.02. The second-order valence-corrected chi connectivity index (χ2v) is 8.57. The van der Waals surface area contributed by atoms with Crippen LogP contribution < -0.4 is 10.1 Å². The van der Waals surface area contributed by atoms with Crippen molar-refractivity contribution in [2.75, 3.05) is 12.4 Å². The molecule has 7 heteroatoms. The Morgan fingerprint density at radius 1 is 0.939 bits per heavy atom. The van der Waals surface area contributed by atoms with Crippen LogP contribution in [0.1, 0.15) is 50.8 Å². The topological polar surface area (TPSA) is 89.9 Å². The maximum atomic E-state index is 12.8. The summed E-state index contributed by atoms with van der Waals surface area (Å²) in [4.78, 5) is 31.0. The third-order valence-electron chi connectivity index (χ3n) is 6.35. The molecule has 2 aromatic carbocycles. The van der Waals surface area contributed by atoms with Gasteiger partial charge < -0.3 is 4.74 Å². The number of ketones is 1. The molecule has 0 amide bonds. The molecule has 0 saturated heterocycles. The number of Topliss-reactive ketones (excluding diaryl/α,β-unsaturated/α-hetero) is 1. The predicted octanol–water partition coefficient (Wildman–Crippen LogP) is 5.01. The first kappa shape index (κ1) is 21.0. The standard InChI is InChI=1S/C26H25N5O2/c1-14-9-20-16(3)28-26(30-22(20)10-15(14)2)31-25-27-13-21-23(29-25)11-18(12-24(21)32)17-5-7-19(33-4)8-6-17/h5-10,13,18H,11-12H2,1-4H3,(H,27,28,29,30,31)/t18-/m0/s1. The highest BCUT2D eigenvalue weighted by atomic mass is 16.5. The molecule has 7 nitrogen and oxygen atoms in total. The summed E-state index contributed by atoms with van der Waals surface area (Å²) in [6.45, 7) is 6.12. The van der Waals surface area contributed by atoms with Crippen molar-refractivity contribution < 1.29 is 9.53 Å². The number of aromatic nitrogens is 4. The third-order valence-corrected chi connectivity index (χ3v) is 6.35. The van der Waals surface area contributed by atoms with E-state index in [-0.39, 0.29) is 11.7 Å². The fourth-order valence-electron chi connectivity index (χ4n) is 4.31. The average Bonchev–Trinajstić information content (AvgIpc) is 2.80. The Labute approximate surface area is 192 Å². The molecule has 166 valence electrons. The smallest absolute Gasteiger partial charge is 0.230 e. The van der Waals surface area contributed by atoms with Gasteiger partial charge in [-0.05, 0) is 74.1 Å². The van der Waals surface area contributed by atoms with Crippen molar-refractivity contribution in [1.82, 2.24) is 19.9 Å². The van der Waals surface area contributed by atoms with E-state index in [1.165, 1.54) is 11.1 Å². The molecule has 1 atom stereocenters. The van der Waals surface area contributed by atoms with E-state index in [1.807, 2.05) is 31.2 Å². The molecule has 33 heavy (non-hydrogen) atoms. The Morgan fingerprint density at radius 3 is 2.45 bits per heavy atom. The van der Waals surface area contributed by atoms with E-state index < -0.39 is 0 Å². The van der Waals surface area contributed by atoms with Crippen molar-refractivity contribution in [2.24, 2.45) is 0 Å². The van der Waals surface area contributed by atoms with Crippen molar-refractivity contribution in [3.63, 3.8) is 0 Å². The number of anilines is 2. The number of benzene rings is 2. The Kier molecular flexibility index (Phi) is 5.24. The zero-order valence-corrected chi connectivity index (χ0v) is 19.1. The molecular weight excluding hydrogens is 414 g/mol. The largest absolute Gasteiger partial charge is 0.497 e. The van der Waals surface area contributed by atoms with Gasteiger partial charge in [-0.3, -0.25) is 10.1 Å². The van der Waals surface area contributed by atoms with Crippen molar-refractivity contribution in [3.8, 4) is 5.75 Å². The predicted molar refractivity (Wildman–Crippen MR) is 127 cm³/mol. The van der Waals surface area contributed by atoms with Crippen LogP contribution in [-0.4, -0.2) is 32.8 Å². The Balaban J connectivity index is 1.43. The van der Waals surface area contributed by atoms with E-state index in [0.717, 1.165) is 33.6 Å². The molecule has 1 aliphatic carbocycles. The number of nitrogens with one attached hydrogen (secondary N) is 1. The highest BCUT2D eigenvalue weighted by Gasteiger charge is 2.28. The second kappa shape index (κ2) is 8.24. The van der Waals surface area contributed by atoms with Gasteiger partial charge in [0.15, 0.2) is 5.78 Å². The van der Waals surface area contributed by atoms with Gasteiger partial charge in [-0.15, -0.1) is 0 Å². The summed E-state index contributed by atoms with van der Waals surface area (Å²) in [6, 6.07) is 12.0. The molecule has 0 bridgehead atoms. The molecule has 2 heterocycles. The molecule has 0 radical (unpaired) electrons. The van der Waals surface area contributed by atoms with Crippen LogP contribution in [0.2, 0.25) is 0 Å². The number of ether oxygens (including phenoxy) is 1. The van der Waals surface area contributed by atoms with Gasteiger partial charge in [0, 0.05) is 18.0 Å². The molecular formula is C26H25N5O2. The van der Waals surface area contributed by atoms with Crippen molar-refractivity contribution >= 4 is 28.6 Å². The Morgan fingerprint density at radius 2 is 1.70 bits per heavy atom. The van der Waals surface area contributed by atoms with E-state index in [0.29, 0.717) is 30.3 Å². The van der Waals surface area contributed by atoms with Gasteiger partial charge in [0.1, 0.15) is 5.75 Å². The number of carbonyl (C=O) groups excluding carboxylic acids is 1. The quantitative estimate of drug-likeness (QED) is 0.478. The lowest BCUT2D eigenvalue weighted by Crippen LogP contribution is -2.21. The van der Waals surface area contributed by atoms with Crippen LogP contribution >= 0.6 is 0 Å². The number of fused-ring (bicyclic) bond motifs is 2. The van der Waals surface area contributed by atoms with Crippen LogP contribution in [-0.2, 0) is 6.42 Å². The molecule has 0 fully saturated rings. The molecule has 0 saturated carbocycles. The van der Waals surface area contributed by atoms with E-state index in [1.54, 1.807) is 13.3 Å². The summed E-state index contributed by atoms with van der Waals surface area (Å²) >= 11 is 0. The van der Waals surface area contributed by atoms with Gasteiger partial charge in [-0.25, -0.2) is 19.9 Å². The van der Waals surface area contributed by atoms with E-state index in [4.69, 9.17) is 4.74 Å². The summed E-state index contributed by atoms with van der Waals surface area (Å²) in [6.07, 6.45) is 2.72. The van der Waals surface area contributed by atoms with Gasteiger partial charge in [-0.2, -0.15) is 0 Å². The van der Waals surface area contributed by atoms with E-state index in [2.05, 4.69) is 51.2 Å². The number of carbonyl (C=O) groups is 1. The molecule has 5 rings (SSSR count). The summed E-state index contributed by atoms with van der Waals surface area (Å²) in [5, 5.41) is 4.16. The van der Waals surface area contributed by atoms with Crippen molar-refractivity contribution in [3.05, 3.63) is 76.2 Å². The first-order valence-electron chi connectivity index (χ1n) is 11.0. The molecule has 2 aromatic heterocycles. The van der Waals surface area contributed by atoms with Crippen LogP contribution in [0, 0.1) is 20.8 Å². The number of aryl methyl sites for hydroxylation is 3. The number of hydrogen-bond acceptors (Lipinski definition) is 7. The summed E-state index contributed by atoms with van der Waals surface area (Å²) < 4.78 is 5.25. The monoisotopic (exact) mass is 439 g/mol. The molecule has 0 aliphatic heterocycles. The lowest BCUT2D eigenvalue weighted by Gasteiger charge is -2.23. The van der Waals surface area contributed by atoms with Crippen LogP contribution in [0.15, 0.2) is 42.6 Å². The number of rotatable bonds is 4. The fourth-order valence-corrected chi connectivity index (χ4v) is 4.31. The van der Waals surface area contributed by atoms with Gasteiger partial charge in [0.05, 0.1) is 29.6 Å². The van der Waals surface area contributed by atoms with E-state index >= 15 is 0 Å². The second-order valence-electron chi connectivity index (χ2n) is 8.57. The highest BCUT2D eigenvalue weighted by Crippen LogP contribution is 2.33. The molecule has 4 aromatic rings. The fraction of sp³-hybridized carbons (Fsp3) is 0.269. The van der Waals surface area contributed by atoms with Crippen LogP contribution in [0.4, 0.5) is 11.9 Å². The zero-order valence-electron chi connectivity index (χ0n) is 19.1. The van der Waals surface area contributed by atoms with Crippen LogP contribution in [0.5, 0.6) is 5.75 Å². The minimum absolute atomic E-state index is 0.0623. The van der Waals surface area contributed by atoms with Gasteiger partial charge >= 0.3 is 0 Å². The van der Waals surface area contributed by atoms with E-state index in [9.17, 15) is 4.79 Å². The summed E-state index contributed by atoms with van der Waals surface area (Å²) in [5.41, 5.74) is 6.59. The zero-order chi connectivity index (χ0) is 23.1. The molecule has 1 aliphatic rings. The Bertz CT molecular complexity index is 1380. The molecule has 0 unspecified atom stereocenters. The number of methoxy groups -OCH3 is 1. The average molecular weight is 440 g/mol. The SMILES string of the molecule is COc1ccc([C@@H]2CC(=O)c3cnc(Nc4nc(C)c5cc(C)c(C)cc5n4)nc3C2)cc1. The van der Waals surface area contributed by atoms with Gasteiger partial charge in [0.25, 0.3) is 0 Å². The normalized spacial score (nSPS) is 15.4. The maximum absolute atomic E-state index is 12.8. The first-order valence-corrected chi connectivity index (χ1v) is 11.0. The lowest BCUT2D eigenvalue weighted by atomic mass is 9.82. The maximum Gasteiger partial charge on any atom is 0.230 e.